The van der Waals surface area contributed by atoms with Crippen molar-refractivity contribution in [2.24, 2.45) is 0 Å². The number of anilines is 1. The molecule has 0 aliphatic carbocycles. The van der Waals surface area contributed by atoms with Crippen LogP contribution in [0.25, 0.3) is 0 Å². The van der Waals surface area contributed by atoms with Crippen molar-refractivity contribution < 1.29 is 9.47 Å². The van der Waals surface area contributed by atoms with Gasteiger partial charge in [-0.3, -0.25) is 4.68 Å². The zero-order valence-electron chi connectivity index (χ0n) is 12.4. The first-order valence-electron chi connectivity index (χ1n) is 6.30. The van der Waals surface area contributed by atoms with Crippen molar-refractivity contribution in [2.75, 3.05) is 19.5 Å². The quantitative estimate of drug-likeness (QED) is 0.793. The zero-order chi connectivity index (χ0) is 13.9. The standard InChI is InChI=1S/C13H25N3O2/c1-8(2)16-11(5)12(9(3)15-16)14-10(4)13(17-6)18-7/h8,10,13-14H,1-7H3. The van der Waals surface area contributed by atoms with Gasteiger partial charge in [-0.05, 0) is 34.6 Å². The molecule has 5 nitrogen and oxygen atoms in total. The number of nitrogens with zero attached hydrogens (tertiary/aromatic N) is 2. The van der Waals surface area contributed by atoms with Crippen LogP contribution in [0.5, 0.6) is 0 Å². The number of aromatic nitrogens is 2. The van der Waals surface area contributed by atoms with Gasteiger partial charge in [-0.2, -0.15) is 5.10 Å². The molecule has 1 aromatic heterocycles. The Bertz CT molecular complexity index is 384. The largest absolute Gasteiger partial charge is 0.374 e. The van der Waals surface area contributed by atoms with E-state index in [4.69, 9.17) is 9.47 Å². The summed E-state index contributed by atoms with van der Waals surface area (Å²) in [5, 5.41) is 7.97. The predicted molar refractivity (Wildman–Crippen MR) is 73.0 cm³/mol. The lowest BCUT2D eigenvalue weighted by molar-refractivity contribution is -0.109. The SMILES string of the molecule is COC(OC)C(C)Nc1c(C)nn(C(C)C)c1C. The molecule has 1 atom stereocenters. The fourth-order valence-electron chi connectivity index (χ4n) is 2.17. The van der Waals surface area contributed by atoms with Crippen molar-refractivity contribution in [1.29, 1.82) is 0 Å². The number of nitrogens with one attached hydrogen (secondary N) is 1. The maximum atomic E-state index is 5.26. The van der Waals surface area contributed by atoms with E-state index in [9.17, 15) is 0 Å². The highest BCUT2D eigenvalue weighted by Crippen LogP contribution is 2.23. The molecule has 1 aromatic rings. The van der Waals surface area contributed by atoms with Crippen LogP contribution < -0.4 is 5.32 Å². The van der Waals surface area contributed by atoms with Crippen molar-refractivity contribution in [3.05, 3.63) is 11.4 Å². The van der Waals surface area contributed by atoms with Crippen LogP contribution in [0.4, 0.5) is 5.69 Å². The summed E-state index contributed by atoms with van der Waals surface area (Å²) in [6.07, 6.45) is -0.272. The van der Waals surface area contributed by atoms with E-state index in [2.05, 4.69) is 31.2 Å². The first kappa shape index (κ1) is 15.0. The van der Waals surface area contributed by atoms with E-state index >= 15 is 0 Å². The zero-order valence-corrected chi connectivity index (χ0v) is 12.4. The minimum Gasteiger partial charge on any atom is -0.374 e. The smallest absolute Gasteiger partial charge is 0.176 e. The summed E-state index contributed by atoms with van der Waals surface area (Å²) in [5.41, 5.74) is 3.20. The van der Waals surface area contributed by atoms with E-state index in [0.717, 1.165) is 17.1 Å². The molecule has 1 heterocycles. The van der Waals surface area contributed by atoms with Crippen molar-refractivity contribution in [1.82, 2.24) is 9.78 Å². The van der Waals surface area contributed by atoms with E-state index in [0.29, 0.717) is 6.04 Å². The van der Waals surface area contributed by atoms with Gasteiger partial charge in [0.15, 0.2) is 6.29 Å². The van der Waals surface area contributed by atoms with Crippen molar-refractivity contribution in [3.8, 4) is 0 Å². The highest BCUT2D eigenvalue weighted by Gasteiger charge is 2.20. The molecule has 0 saturated heterocycles. The van der Waals surface area contributed by atoms with Gasteiger partial charge in [-0.15, -0.1) is 0 Å². The molecule has 5 heteroatoms. The average molecular weight is 255 g/mol. The third-order valence-corrected chi connectivity index (χ3v) is 3.06. The summed E-state index contributed by atoms with van der Waals surface area (Å²) >= 11 is 0. The lowest BCUT2D eigenvalue weighted by atomic mass is 10.2. The molecule has 1 unspecified atom stereocenters. The molecule has 0 radical (unpaired) electrons. The lowest BCUT2D eigenvalue weighted by Crippen LogP contribution is -2.34. The van der Waals surface area contributed by atoms with Crippen molar-refractivity contribution in [3.63, 3.8) is 0 Å². The molecule has 1 rings (SSSR count). The van der Waals surface area contributed by atoms with Gasteiger partial charge in [0.2, 0.25) is 0 Å². The molecule has 0 spiro atoms. The van der Waals surface area contributed by atoms with Crippen LogP contribution in [0.1, 0.15) is 38.2 Å². The number of hydrogen-bond donors (Lipinski definition) is 1. The van der Waals surface area contributed by atoms with Crippen LogP contribution in [0.15, 0.2) is 0 Å². The van der Waals surface area contributed by atoms with E-state index in [-0.39, 0.29) is 12.3 Å². The Morgan fingerprint density at radius 2 is 1.67 bits per heavy atom. The molecule has 0 amide bonds. The van der Waals surface area contributed by atoms with Gasteiger partial charge in [-0.25, -0.2) is 0 Å². The minimum atomic E-state index is -0.272. The van der Waals surface area contributed by atoms with Crippen LogP contribution in [0.2, 0.25) is 0 Å². The maximum absolute atomic E-state index is 5.26. The highest BCUT2D eigenvalue weighted by atomic mass is 16.7. The second-order valence-electron chi connectivity index (χ2n) is 4.86. The maximum Gasteiger partial charge on any atom is 0.176 e. The molecule has 0 bridgehead atoms. The first-order valence-corrected chi connectivity index (χ1v) is 6.30. The van der Waals surface area contributed by atoms with Crippen molar-refractivity contribution >= 4 is 5.69 Å². The molecular weight excluding hydrogens is 230 g/mol. The molecule has 0 saturated carbocycles. The molecule has 104 valence electrons. The minimum absolute atomic E-state index is 0.0576. The molecule has 0 aromatic carbocycles. The molecule has 0 aliphatic rings. The van der Waals surface area contributed by atoms with Gasteiger partial charge in [0, 0.05) is 20.3 Å². The summed E-state index contributed by atoms with van der Waals surface area (Å²) in [6, 6.07) is 0.414. The summed E-state index contributed by atoms with van der Waals surface area (Å²) in [4.78, 5) is 0. The normalized spacial score (nSPS) is 13.4. The highest BCUT2D eigenvalue weighted by molar-refractivity contribution is 5.52. The Kier molecular flexibility index (Phi) is 5.16. The number of methoxy groups -OCH3 is 2. The van der Waals surface area contributed by atoms with Gasteiger partial charge < -0.3 is 14.8 Å². The summed E-state index contributed by atoms with van der Waals surface area (Å²) in [7, 11) is 3.28. The van der Waals surface area contributed by atoms with Gasteiger partial charge in [0.25, 0.3) is 0 Å². The number of rotatable bonds is 6. The second kappa shape index (κ2) is 6.20. The number of ether oxygens (including phenoxy) is 2. The lowest BCUT2D eigenvalue weighted by Gasteiger charge is -2.23. The third-order valence-electron chi connectivity index (χ3n) is 3.06. The van der Waals surface area contributed by atoms with Crippen LogP contribution >= 0.6 is 0 Å². The van der Waals surface area contributed by atoms with E-state index in [1.807, 2.05) is 18.5 Å². The fraction of sp³-hybridized carbons (Fsp3) is 0.769. The van der Waals surface area contributed by atoms with E-state index in [1.54, 1.807) is 14.2 Å². The Morgan fingerprint density at radius 3 is 2.06 bits per heavy atom. The van der Waals surface area contributed by atoms with Gasteiger partial charge >= 0.3 is 0 Å². The number of aryl methyl sites for hydroxylation is 1. The molecule has 1 N–H and O–H groups in total. The summed E-state index contributed by atoms with van der Waals surface area (Å²) in [5.74, 6) is 0. The Hall–Kier alpha value is -1.07. The third kappa shape index (κ3) is 3.03. The van der Waals surface area contributed by atoms with Crippen LogP contribution in [-0.4, -0.2) is 36.3 Å². The fourth-order valence-corrected chi connectivity index (χ4v) is 2.17. The summed E-state index contributed by atoms with van der Waals surface area (Å²) in [6.45, 7) is 10.4. The first-order chi connectivity index (χ1) is 8.42. The molecule has 18 heavy (non-hydrogen) atoms. The monoisotopic (exact) mass is 255 g/mol. The van der Waals surface area contributed by atoms with Gasteiger partial charge in [0.05, 0.1) is 23.1 Å². The summed E-state index contributed by atoms with van der Waals surface area (Å²) < 4.78 is 12.5. The van der Waals surface area contributed by atoms with E-state index < -0.39 is 0 Å². The Balaban J connectivity index is 2.91. The molecule has 0 aliphatic heterocycles. The van der Waals surface area contributed by atoms with Crippen LogP contribution in [0, 0.1) is 13.8 Å². The second-order valence-corrected chi connectivity index (χ2v) is 4.86. The van der Waals surface area contributed by atoms with E-state index in [1.165, 1.54) is 0 Å². The van der Waals surface area contributed by atoms with Crippen LogP contribution in [-0.2, 0) is 9.47 Å². The predicted octanol–water partition coefficient (Wildman–Crippen LogP) is 2.50. The van der Waals surface area contributed by atoms with Crippen LogP contribution in [0.3, 0.4) is 0 Å². The van der Waals surface area contributed by atoms with Gasteiger partial charge in [0.1, 0.15) is 0 Å². The molecule has 0 fully saturated rings. The Morgan fingerprint density at radius 1 is 1.11 bits per heavy atom. The topological polar surface area (TPSA) is 48.3 Å². The number of hydrogen-bond acceptors (Lipinski definition) is 4. The Labute approximate surface area is 109 Å². The molecular formula is C13H25N3O2. The average Bonchev–Trinajstić information content (AvgIpc) is 2.58. The van der Waals surface area contributed by atoms with Gasteiger partial charge in [-0.1, -0.05) is 0 Å². The van der Waals surface area contributed by atoms with Crippen molar-refractivity contribution in [2.45, 2.75) is 53.0 Å².